The first-order valence-corrected chi connectivity index (χ1v) is 8.63. The number of pyridine rings is 2. The highest BCUT2D eigenvalue weighted by Crippen LogP contribution is 2.26. The molecule has 3 aromatic rings. The van der Waals surface area contributed by atoms with Crippen molar-refractivity contribution in [2.75, 3.05) is 25.1 Å². The van der Waals surface area contributed by atoms with Gasteiger partial charge in [-0.25, -0.2) is 14.8 Å². The van der Waals surface area contributed by atoms with Gasteiger partial charge >= 0.3 is 5.69 Å². The summed E-state index contributed by atoms with van der Waals surface area (Å²) >= 11 is 0. The van der Waals surface area contributed by atoms with Crippen LogP contribution in [0.15, 0.2) is 29.2 Å². The predicted octanol–water partition coefficient (Wildman–Crippen LogP) is 2.01. The van der Waals surface area contributed by atoms with Gasteiger partial charge in [0, 0.05) is 32.0 Å². The van der Waals surface area contributed by atoms with Gasteiger partial charge in [0.15, 0.2) is 5.65 Å². The third kappa shape index (κ3) is 3.22. The van der Waals surface area contributed by atoms with E-state index in [2.05, 4.69) is 24.8 Å². The quantitative estimate of drug-likeness (QED) is 0.743. The number of rotatable bonds is 4. The van der Waals surface area contributed by atoms with Crippen molar-refractivity contribution in [2.24, 2.45) is 0 Å². The van der Waals surface area contributed by atoms with Crippen molar-refractivity contribution in [3.63, 3.8) is 0 Å². The van der Waals surface area contributed by atoms with Gasteiger partial charge in [-0.15, -0.1) is 0 Å². The van der Waals surface area contributed by atoms with Crippen LogP contribution in [0.2, 0.25) is 0 Å². The number of methoxy groups -OCH3 is 1. The van der Waals surface area contributed by atoms with Crippen LogP contribution in [0.25, 0.3) is 11.2 Å². The summed E-state index contributed by atoms with van der Waals surface area (Å²) < 4.78 is 11.1. The van der Waals surface area contributed by atoms with E-state index in [0.717, 1.165) is 48.6 Å². The van der Waals surface area contributed by atoms with Crippen molar-refractivity contribution in [1.29, 1.82) is 0 Å². The number of aromatic nitrogens is 4. The third-order valence-corrected chi connectivity index (χ3v) is 4.63. The summed E-state index contributed by atoms with van der Waals surface area (Å²) in [6, 6.07) is 5.63. The molecule has 0 spiro atoms. The second kappa shape index (κ2) is 6.70. The summed E-state index contributed by atoms with van der Waals surface area (Å²) in [6.45, 7) is 3.71. The maximum absolute atomic E-state index is 11.5. The molecule has 4 rings (SSSR count). The first kappa shape index (κ1) is 16.4. The molecule has 0 bridgehead atoms. The second-order valence-electron chi connectivity index (χ2n) is 6.44. The van der Waals surface area contributed by atoms with Crippen molar-refractivity contribution in [1.82, 2.24) is 19.9 Å². The maximum Gasteiger partial charge on any atom is 0.325 e. The van der Waals surface area contributed by atoms with Crippen LogP contribution in [-0.4, -0.2) is 46.2 Å². The molecule has 3 aromatic heterocycles. The lowest BCUT2D eigenvalue weighted by Crippen LogP contribution is -2.39. The number of hydrogen-bond acceptors (Lipinski definition) is 6. The molecule has 0 atom stereocenters. The summed E-state index contributed by atoms with van der Waals surface area (Å²) in [4.78, 5) is 28.0. The van der Waals surface area contributed by atoms with Crippen molar-refractivity contribution in [2.45, 2.75) is 25.9 Å². The highest BCUT2D eigenvalue weighted by atomic mass is 16.5. The molecule has 8 nitrogen and oxygen atoms in total. The van der Waals surface area contributed by atoms with Crippen LogP contribution >= 0.6 is 0 Å². The predicted molar refractivity (Wildman–Crippen MR) is 98.1 cm³/mol. The third-order valence-electron chi connectivity index (χ3n) is 4.63. The van der Waals surface area contributed by atoms with Gasteiger partial charge in [0.2, 0.25) is 5.88 Å². The van der Waals surface area contributed by atoms with Gasteiger partial charge in [-0.2, -0.15) is 0 Å². The van der Waals surface area contributed by atoms with E-state index in [4.69, 9.17) is 9.47 Å². The average Bonchev–Trinajstić information content (AvgIpc) is 3.01. The Kier molecular flexibility index (Phi) is 4.24. The largest absolute Gasteiger partial charge is 0.489 e. The standard InChI is InChI=1S/C18H21N5O3/c1-11-9-14-16(22-18(24)20-14)21-17(11)23-7-5-12(6-8-23)26-13-3-4-15(25-2)19-10-13/h3-4,9-10,12H,5-8H2,1-2H3,(H2,20,21,22,24). The molecular formula is C18H21N5O3. The molecule has 136 valence electrons. The van der Waals surface area contributed by atoms with Crippen molar-refractivity contribution in [3.8, 4) is 11.6 Å². The molecule has 2 N–H and O–H groups in total. The Balaban J connectivity index is 1.43. The zero-order valence-corrected chi connectivity index (χ0v) is 14.8. The molecule has 1 fully saturated rings. The number of H-pyrrole nitrogens is 2. The van der Waals surface area contributed by atoms with Crippen LogP contribution < -0.4 is 20.1 Å². The monoisotopic (exact) mass is 355 g/mol. The number of nitrogens with one attached hydrogen (secondary N) is 2. The smallest absolute Gasteiger partial charge is 0.325 e. The van der Waals surface area contributed by atoms with E-state index in [1.165, 1.54) is 0 Å². The number of fused-ring (bicyclic) bond motifs is 1. The number of anilines is 1. The van der Waals surface area contributed by atoms with Crippen LogP contribution in [0.3, 0.4) is 0 Å². The molecule has 26 heavy (non-hydrogen) atoms. The van der Waals surface area contributed by atoms with Crippen LogP contribution in [0, 0.1) is 6.92 Å². The minimum atomic E-state index is -0.232. The fourth-order valence-electron chi connectivity index (χ4n) is 3.31. The molecule has 1 aliphatic heterocycles. The normalized spacial score (nSPS) is 15.4. The van der Waals surface area contributed by atoms with Gasteiger partial charge in [0.1, 0.15) is 17.7 Å². The molecular weight excluding hydrogens is 334 g/mol. The number of nitrogens with zero attached hydrogens (tertiary/aromatic N) is 3. The van der Waals surface area contributed by atoms with Gasteiger partial charge in [-0.3, -0.25) is 4.98 Å². The lowest BCUT2D eigenvalue weighted by molar-refractivity contribution is 0.170. The fraction of sp³-hybridized carbons (Fsp3) is 0.389. The molecule has 1 aliphatic rings. The Morgan fingerprint density at radius 1 is 1.23 bits per heavy atom. The summed E-state index contributed by atoms with van der Waals surface area (Å²) in [6.07, 6.45) is 3.63. The van der Waals surface area contributed by atoms with Gasteiger partial charge in [0.05, 0.1) is 18.8 Å². The molecule has 0 amide bonds. The molecule has 0 aromatic carbocycles. The van der Waals surface area contributed by atoms with E-state index in [9.17, 15) is 4.79 Å². The minimum absolute atomic E-state index is 0.151. The number of ether oxygens (including phenoxy) is 2. The van der Waals surface area contributed by atoms with E-state index >= 15 is 0 Å². The van der Waals surface area contributed by atoms with E-state index in [1.54, 1.807) is 19.4 Å². The number of aryl methyl sites for hydroxylation is 1. The molecule has 0 aliphatic carbocycles. The highest BCUT2D eigenvalue weighted by Gasteiger charge is 2.23. The minimum Gasteiger partial charge on any atom is -0.489 e. The van der Waals surface area contributed by atoms with E-state index < -0.39 is 0 Å². The molecule has 1 saturated heterocycles. The van der Waals surface area contributed by atoms with Gasteiger partial charge in [-0.1, -0.05) is 0 Å². The first-order valence-electron chi connectivity index (χ1n) is 8.63. The van der Waals surface area contributed by atoms with Crippen LogP contribution in [0.5, 0.6) is 11.6 Å². The summed E-state index contributed by atoms with van der Waals surface area (Å²) in [5, 5.41) is 0. The summed E-state index contributed by atoms with van der Waals surface area (Å²) in [7, 11) is 1.59. The lowest BCUT2D eigenvalue weighted by Gasteiger charge is -2.33. The lowest BCUT2D eigenvalue weighted by atomic mass is 10.1. The van der Waals surface area contributed by atoms with E-state index in [-0.39, 0.29) is 11.8 Å². The SMILES string of the molecule is COc1ccc(OC2CCN(c3nc4[nH]c(=O)[nH]c4cc3C)CC2)cn1. The summed E-state index contributed by atoms with van der Waals surface area (Å²) in [5.41, 5.74) is 2.15. The van der Waals surface area contributed by atoms with Crippen LogP contribution in [0.4, 0.5) is 5.82 Å². The van der Waals surface area contributed by atoms with Gasteiger partial charge in [-0.05, 0) is 24.6 Å². The Bertz CT molecular complexity index is 955. The zero-order valence-electron chi connectivity index (χ0n) is 14.8. The van der Waals surface area contributed by atoms with Crippen molar-refractivity contribution in [3.05, 3.63) is 40.4 Å². The Hall–Kier alpha value is -3.03. The number of aromatic amines is 2. The van der Waals surface area contributed by atoms with E-state index in [0.29, 0.717) is 11.5 Å². The van der Waals surface area contributed by atoms with Gasteiger partial charge < -0.3 is 19.4 Å². The first-order chi connectivity index (χ1) is 12.6. The van der Waals surface area contributed by atoms with Gasteiger partial charge in [0.25, 0.3) is 0 Å². The molecule has 8 heteroatoms. The van der Waals surface area contributed by atoms with E-state index in [1.807, 2.05) is 19.1 Å². The number of piperidine rings is 1. The highest BCUT2D eigenvalue weighted by molar-refractivity contribution is 5.74. The van der Waals surface area contributed by atoms with Crippen molar-refractivity contribution < 1.29 is 9.47 Å². The molecule has 0 saturated carbocycles. The Morgan fingerprint density at radius 2 is 2.04 bits per heavy atom. The van der Waals surface area contributed by atoms with Crippen molar-refractivity contribution >= 4 is 17.0 Å². The van der Waals surface area contributed by atoms with Crippen LogP contribution in [-0.2, 0) is 0 Å². The topological polar surface area (TPSA) is 96.1 Å². The molecule has 0 unspecified atom stereocenters. The zero-order chi connectivity index (χ0) is 18.1. The fourth-order valence-corrected chi connectivity index (χ4v) is 3.31. The Labute approximate surface area is 150 Å². The number of hydrogen-bond donors (Lipinski definition) is 2. The summed E-state index contributed by atoms with van der Waals surface area (Å²) in [5.74, 6) is 2.24. The molecule has 0 radical (unpaired) electrons. The van der Waals surface area contributed by atoms with Crippen LogP contribution in [0.1, 0.15) is 18.4 Å². The second-order valence-corrected chi connectivity index (χ2v) is 6.44. The number of imidazole rings is 1. The Morgan fingerprint density at radius 3 is 2.73 bits per heavy atom. The maximum atomic E-state index is 11.5. The average molecular weight is 355 g/mol. The molecule has 4 heterocycles.